The third-order valence-electron chi connectivity index (χ3n) is 6.69. The first kappa shape index (κ1) is 33.2. The van der Waals surface area contributed by atoms with Gasteiger partial charge >= 0.3 is 0 Å². The van der Waals surface area contributed by atoms with E-state index in [4.69, 9.17) is 16.3 Å². The quantitative estimate of drug-likeness (QED) is 0.147. The molecule has 0 aliphatic heterocycles. The van der Waals surface area contributed by atoms with Gasteiger partial charge in [-0.3, -0.25) is 24.7 Å². The van der Waals surface area contributed by atoms with E-state index in [1.807, 2.05) is 27.7 Å². The second kappa shape index (κ2) is 15.7. The molecule has 0 saturated carbocycles. The lowest BCUT2D eigenvalue weighted by Crippen LogP contribution is -2.49. The highest BCUT2D eigenvalue weighted by Crippen LogP contribution is 2.33. The minimum Gasteiger partial charge on any atom is -0.505 e. The van der Waals surface area contributed by atoms with Crippen molar-refractivity contribution in [2.45, 2.75) is 71.1 Å². The molecular weight excluding hydrogens is 554 g/mol. The summed E-state index contributed by atoms with van der Waals surface area (Å²) in [6, 6.07) is 9.69. The number of hydrogen-bond acceptors (Lipinski definition) is 6. The third kappa shape index (κ3) is 9.59. The number of nitrogens with zero attached hydrogens (tertiary/aromatic N) is 1. The Balaban J connectivity index is 2.25. The second-order valence-corrected chi connectivity index (χ2v) is 12.1. The summed E-state index contributed by atoms with van der Waals surface area (Å²) in [7, 11) is -2.48. The van der Waals surface area contributed by atoms with E-state index in [1.54, 1.807) is 24.3 Å². The Hall–Kier alpha value is -2.98. The van der Waals surface area contributed by atoms with Crippen molar-refractivity contribution in [2.24, 2.45) is 11.8 Å². The smallest absolute Gasteiger partial charge is 0.262 e. The van der Waals surface area contributed by atoms with Gasteiger partial charge < -0.3 is 9.84 Å². The molecule has 0 bridgehead atoms. The van der Waals surface area contributed by atoms with Gasteiger partial charge in [-0.2, -0.15) is 0 Å². The van der Waals surface area contributed by atoms with E-state index in [2.05, 4.69) is 10.1 Å². The second-order valence-electron chi connectivity index (χ2n) is 10.2. The Morgan fingerprint density at radius 3 is 2.45 bits per heavy atom. The summed E-state index contributed by atoms with van der Waals surface area (Å²) in [6.07, 6.45) is 3.72. The summed E-state index contributed by atoms with van der Waals surface area (Å²) < 4.78 is 34.6. The van der Waals surface area contributed by atoms with Gasteiger partial charge in [0, 0.05) is 13.0 Å². The van der Waals surface area contributed by atoms with Gasteiger partial charge in [-0.1, -0.05) is 52.7 Å². The fourth-order valence-corrected chi connectivity index (χ4v) is 5.62. The van der Waals surface area contributed by atoms with Crippen molar-refractivity contribution in [1.29, 1.82) is 0 Å². The maximum Gasteiger partial charge on any atom is 0.262 e. The maximum atomic E-state index is 13.4. The first-order valence-electron chi connectivity index (χ1n) is 13.6. The molecule has 222 valence electrons. The van der Waals surface area contributed by atoms with Crippen molar-refractivity contribution in [2.75, 3.05) is 24.3 Å². The number of amides is 2. The molecule has 9 nitrogen and oxygen atoms in total. The summed E-state index contributed by atoms with van der Waals surface area (Å²) in [5, 5.41) is 12.3. The number of rotatable bonds is 15. The van der Waals surface area contributed by atoms with Crippen molar-refractivity contribution in [3.63, 3.8) is 0 Å². The number of carbonyl (C=O) groups is 2. The summed E-state index contributed by atoms with van der Waals surface area (Å²) in [4.78, 5) is 24.9. The number of halogens is 1. The molecule has 2 atom stereocenters. The van der Waals surface area contributed by atoms with Gasteiger partial charge in [0.2, 0.25) is 5.91 Å². The number of nitrogens with one attached hydrogen (secondary N) is 2. The number of sulfonamides is 1. The van der Waals surface area contributed by atoms with Crippen LogP contribution in [0.4, 0.5) is 5.69 Å². The van der Waals surface area contributed by atoms with Crippen LogP contribution >= 0.6 is 11.6 Å². The number of hydrazine groups is 1. The van der Waals surface area contributed by atoms with Gasteiger partial charge in [-0.05, 0) is 66.5 Å². The monoisotopic (exact) mass is 595 g/mol. The van der Waals surface area contributed by atoms with E-state index < -0.39 is 15.9 Å². The molecule has 3 N–H and O–H groups in total. The molecule has 11 heteroatoms. The number of hydrogen-bond donors (Lipinski definition) is 3. The number of phenols is 1. The summed E-state index contributed by atoms with van der Waals surface area (Å²) in [5.41, 5.74) is 3.77. The number of anilines is 1. The number of aryl methyl sites for hydroxylation is 1. The van der Waals surface area contributed by atoms with E-state index in [0.29, 0.717) is 29.7 Å². The van der Waals surface area contributed by atoms with E-state index >= 15 is 0 Å². The van der Waals surface area contributed by atoms with Gasteiger partial charge in [0.25, 0.3) is 15.9 Å². The van der Waals surface area contributed by atoms with Crippen molar-refractivity contribution in [3.8, 4) is 11.5 Å². The molecule has 2 aromatic carbocycles. The van der Waals surface area contributed by atoms with Crippen molar-refractivity contribution in [1.82, 2.24) is 10.4 Å². The van der Waals surface area contributed by atoms with E-state index in [9.17, 15) is 23.1 Å². The van der Waals surface area contributed by atoms with Gasteiger partial charge in [0.05, 0.1) is 17.7 Å². The molecule has 0 radical (unpaired) electrons. The van der Waals surface area contributed by atoms with Crippen molar-refractivity contribution >= 4 is 39.1 Å². The van der Waals surface area contributed by atoms with Crippen LogP contribution in [0, 0.1) is 11.8 Å². The zero-order valence-electron chi connectivity index (χ0n) is 24.0. The molecule has 2 aromatic rings. The number of methoxy groups -OCH3 is 1. The number of alkyl halides is 1. The molecule has 0 aliphatic carbocycles. The SMILES string of the molecule is CCCCc1cc(OC)ccc1S(=O)(=O)Nc1cccc(C[C@@H](C)CN(NC(=O)CCl)C(=O)C[C@@H](C)CC)c1O. The van der Waals surface area contributed by atoms with Gasteiger partial charge in [-0.25, -0.2) is 8.42 Å². The highest BCUT2D eigenvalue weighted by atomic mass is 35.5. The topological polar surface area (TPSA) is 125 Å². The normalized spacial score (nSPS) is 12.8. The lowest BCUT2D eigenvalue weighted by Gasteiger charge is -2.27. The summed E-state index contributed by atoms with van der Waals surface area (Å²) in [5.74, 6) is -0.631. The van der Waals surface area contributed by atoms with Gasteiger partial charge in [0.1, 0.15) is 17.4 Å². The van der Waals surface area contributed by atoms with Gasteiger partial charge in [-0.15, -0.1) is 11.6 Å². The lowest BCUT2D eigenvalue weighted by atomic mass is 9.99. The number of ether oxygens (including phenoxy) is 1. The zero-order chi connectivity index (χ0) is 29.9. The van der Waals surface area contributed by atoms with Crippen LogP contribution in [-0.4, -0.2) is 49.9 Å². The lowest BCUT2D eigenvalue weighted by molar-refractivity contribution is -0.142. The fourth-order valence-electron chi connectivity index (χ4n) is 4.24. The van der Waals surface area contributed by atoms with Crippen LogP contribution in [0.3, 0.4) is 0 Å². The Morgan fingerprint density at radius 2 is 1.82 bits per heavy atom. The van der Waals surface area contributed by atoms with E-state index in [-0.39, 0.29) is 52.9 Å². The van der Waals surface area contributed by atoms with Crippen LogP contribution in [0.2, 0.25) is 0 Å². The number of benzene rings is 2. The number of aromatic hydroxyl groups is 1. The van der Waals surface area contributed by atoms with Crippen LogP contribution in [0.15, 0.2) is 41.3 Å². The number of para-hydroxylation sites is 1. The maximum absolute atomic E-state index is 13.4. The fraction of sp³-hybridized carbons (Fsp3) is 0.517. The van der Waals surface area contributed by atoms with E-state index in [0.717, 1.165) is 19.3 Å². The predicted molar refractivity (Wildman–Crippen MR) is 158 cm³/mol. The summed E-state index contributed by atoms with van der Waals surface area (Å²) in [6.45, 7) is 8.06. The number of phenolic OH excluding ortho intramolecular Hbond substituents is 1. The Labute approximate surface area is 243 Å². The van der Waals surface area contributed by atoms with Crippen LogP contribution < -0.4 is 14.9 Å². The van der Waals surface area contributed by atoms with Crippen molar-refractivity contribution in [3.05, 3.63) is 47.5 Å². The molecule has 0 saturated heterocycles. The number of unbranched alkanes of at least 4 members (excludes halogenated alkanes) is 1. The van der Waals surface area contributed by atoms with Crippen LogP contribution in [0.5, 0.6) is 11.5 Å². The summed E-state index contributed by atoms with van der Waals surface area (Å²) >= 11 is 5.64. The largest absolute Gasteiger partial charge is 0.505 e. The Morgan fingerprint density at radius 1 is 1.10 bits per heavy atom. The Bertz CT molecular complexity index is 1250. The van der Waals surface area contributed by atoms with E-state index in [1.165, 1.54) is 24.3 Å². The molecule has 0 heterocycles. The van der Waals surface area contributed by atoms with Crippen LogP contribution in [-0.2, 0) is 32.5 Å². The molecule has 0 aliphatic rings. The molecule has 40 heavy (non-hydrogen) atoms. The zero-order valence-corrected chi connectivity index (χ0v) is 25.6. The highest BCUT2D eigenvalue weighted by molar-refractivity contribution is 7.92. The first-order valence-corrected chi connectivity index (χ1v) is 15.6. The molecule has 0 fully saturated rings. The molecule has 2 amide bonds. The third-order valence-corrected chi connectivity index (χ3v) is 8.39. The molecule has 0 aromatic heterocycles. The van der Waals surface area contributed by atoms with Crippen molar-refractivity contribution < 1.29 is 27.9 Å². The average molecular weight is 596 g/mol. The van der Waals surface area contributed by atoms with Gasteiger partial charge in [0.15, 0.2) is 0 Å². The predicted octanol–water partition coefficient (Wildman–Crippen LogP) is 5.26. The number of carbonyl (C=O) groups excluding carboxylic acids is 2. The minimum atomic E-state index is -4.01. The van der Waals surface area contributed by atoms with Crippen LogP contribution in [0.25, 0.3) is 0 Å². The molecular formula is C29H42ClN3O6S. The highest BCUT2D eigenvalue weighted by Gasteiger charge is 2.24. The average Bonchev–Trinajstić information content (AvgIpc) is 2.92. The molecule has 0 unspecified atom stereocenters. The van der Waals surface area contributed by atoms with Crippen LogP contribution in [0.1, 0.15) is 64.5 Å². The minimum absolute atomic E-state index is 0.0575. The molecule has 0 spiro atoms. The first-order chi connectivity index (χ1) is 18.9. The molecule has 2 rings (SSSR count). The Kier molecular flexibility index (Phi) is 13.1. The standard InChI is InChI=1S/C29H42ClN3O6S/c1-6-8-10-22-17-24(39-5)13-14-26(22)40(37,38)32-25-12-9-11-23(29(25)36)15-21(4)19-33(31-27(34)18-30)28(35)16-20(3)7-2/h9,11-14,17,20-21,32,36H,6-8,10,15-16,18-19H2,1-5H3,(H,31,34)/t20-,21+/m0/s1.